The zero-order chi connectivity index (χ0) is 15.2. The molecule has 1 saturated heterocycles. The van der Waals surface area contributed by atoms with Crippen LogP contribution < -0.4 is 5.32 Å². The highest BCUT2D eigenvalue weighted by molar-refractivity contribution is 5.92. The quantitative estimate of drug-likeness (QED) is 0.864. The SMILES string of the molecule is COC(=O)N1CCC(NC(=O)/C=C/c2cccc(F)c2)C1. The second-order valence-electron chi connectivity index (χ2n) is 4.80. The Kier molecular flexibility index (Phi) is 4.92. The van der Waals surface area contributed by atoms with E-state index >= 15 is 0 Å². The maximum atomic E-state index is 13.0. The highest BCUT2D eigenvalue weighted by atomic mass is 19.1. The van der Waals surface area contributed by atoms with Crippen LogP contribution in [0.1, 0.15) is 12.0 Å². The van der Waals surface area contributed by atoms with Crippen molar-refractivity contribution in [3.63, 3.8) is 0 Å². The van der Waals surface area contributed by atoms with Crippen LogP contribution in [0.5, 0.6) is 0 Å². The van der Waals surface area contributed by atoms with E-state index in [4.69, 9.17) is 0 Å². The molecule has 1 N–H and O–H groups in total. The molecule has 1 fully saturated rings. The monoisotopic (exact) mass is 292 g/mol. The van der Waals surface area contributed by atoms with Crippen molar-refractivity contribution in [3.05, 3.63) is 41.7 Å². The molecule has 0 saturated carbocycles. The summed E-state index contributed by atoms with van der Waals surface area (Å²) in [5.41, 5.74) is 0.618. The number of hydrogen-bond acceptors (Lipinski definition) is 3. The number of hydrogen-bond donors (Lipinski definition) is 1. The molecular formula is C15H17FN2O3. The maximum Gasteiger partial charge on any atom is 0.409 e. The average Bonchev–Trinajstić information content (AvgIpc) is 2.93. The van der Waals surface area contributed by atoms with E-state index in [2.05, 4.69) is 10.1 Å². The van der Waals surface area contributed by atoms with Gasteiger partial charge in [0.05, 0.1) is 7.11 Å². The van der Waals surface area contributed by atoms with Gasteiger partial charge in [-0.15, -0.1) is 0 Å². The van der Waals surface area contributed by atoms with Crippen molar-refractivity contribution in [2.24, 2.45) is 0 Å². The summed E-state index contributed by atoms with van der Waals surface area (Å²) in [7, 11) is 1.33. The lowest BCUT2D eigenvalue weighted by Gasteiger charge is -2.14. The number of ether oxygens (including phenoxy) is 1. The minimum Gasteiger partial charge on any atom is -0.453 e. The summed E-state index contributed by atoms with van der Waals surface area (Å²) < 4.78 is 17.6. The van der Waals surface area contributed by atoms with Gasteiger partial charge in [-0.25, -0.2) is 9.18 Å². The fourth-order valence-electron chi connectivity index (χ4n) is 2.20. The first-order chi connectivity index (χ1) is 10.1. The van der Waals surface area contributed by atoms with Gasteiger partial charge >= 0.3 is 6.09 Å². The summed E-state index contributed by atoms with van der Waals surface area (Å²) in [4.78, 5) is 24.6. The molecule has 1 aromatic carbocycles. The topological polar surface area (TPSA) is 58.6 Å². The van der Waals surface area contributed by atoms with Crippen LogP contribution in [0.3, 0.4) is 0 Å². The van der Waals surface area contributed by atoms with E-state index in [9.17, 15) is 14.0 Å². The van der Waals surface area contributed by atoms with Gasteiger partial charge in [0.15, 0.2) is 0 Å². The smallest absolute Gasteiger partial charge is 0.409 e. The van der Waals surface area contributed by atoms with Crippen molar-refractivity contribution in [1.29, 1.82) is 0 Å². The zero-order valence-corrected chi connectivity index (χ0v) is 11.7. The summed E-state index contributed by atoms with van der Waals surface area (Å²) in [5, 5.41) is 2.80. The molecule has 1 aliphatic heterocycles. The molecule has 1 unspecified atom stereocenters. The van der Waals surface area contributed by atoms with Crippen LogP contribution in [0.15, 0.2) is 30.3 Å². The summed E-state index contributed by atoms with van der Waals surface area (Å²) in [5.74, 6) is -0.613. The third-order valence-corrected chi connectivity index (χ3v) is 3.24. The molecule has 0 spiro atoms. The maximum absolute atomic E-state index is 13.0. The van der Waals surface area contributed by atoms with E-state index in [1.165, 1.54) is 25.3 Å². The fraction of sp³-hybridized carbons (Fsp3) is 0.333. The molecule has 1 aromatic rings. The Morgan fingerprint density at radius 1 is 1.48 bits per heavy atom. The van der Waals surface area contributed by atoms with Gasteiger partial charge in [-0.3, -0.25) is 4.79 Å². The number of benzene rings is 1. The summed E-state index contributed by atoms with van der Waals surface area (Å²) in [6, 6.07) is 5.89. The minimum atomic E-state index is -0.387. The second-order valence-corrected chi connectivity index (χ2v) is 4.80. The van der Waals surface area contributed by atoms with Crippen LogP contribution in [0.2, 0.25) is 0 Å². The molecule has 0 aliphatic carbocycles. The van der Waals surface area contributed by atoms with Gasteiger partial charge in [-0.05, 0) is 30.2 Å². The van der Waals surface area contributed by atoms with Gasteiger partial charge in [0.2, 0.25) is 5.91 Å². The summed E-state index contributed by atoms with van der Waals surface area (Å²) in [6.07, 6.45) is 3.21. The van der Waals surface area contributed by atoms with Crippen LogP contribution in [-0.4, -0.2) is 43.1 Å². The van der Waals surface area contributed by atoms with Crippen molar-refractivity contribution in [2.75, 3.05) is 20.2 Å². The Bertz CT molecular complexity index is 560. The van der Waals surface area contributed by atoms with Crippen molar-refractivity contribution in [1.82, 2.24) is 10.2 Å². The number of likely N-dealkylation sites (tertiary alicyclic amines) is 1. The first kappa shape index (κ1) is 15.0. The van der Waals surface area contributed by atoms with Crippen LogP contribution in [-0.2, 0) is 9.53 Å². The average molecular weight is 292 g/mol. The van der Waals surface area contributed by atoms with Crippen LogP contribution in [0.4, 0.5) is 9.18 Å². The third kappa shape index (κ3) is 4.30. The Morgan fingerprint density at radius 3 is 3.00 bits per heavy atom. The lowest BCUT2D eigenvalue weighted by Crippen LogP contribution is -2.37. The van der Waals surface area contributed by atoms with Gasteiger partial charge in [0, 0.05) is 25.2 Å². The number of methoxy groups -OCH3 is 1. The number of nitrogens with zero attached hydrogens (tertiary/aromatic N) is 1. The third-order valence-electron chi connectivity index (χ3n) is 3.24. The molecule has 0 aromatic heterocycles. The highest BCUT2D eigenvalue weighted by Crippen LogP contribution is 2.10. The number of amides is 2. The number of rotatable bonds is 3. The van der Waals surface area contributed by atoms with Crippen molar-refractivity contribution >= 4 is 18.1 Å². The predicted octanol–water partition coefficient (Wildman–Crippen LogP) is 1.80. The zero-order valence-electron chi connectivity index (χ0n) is 11.7. The summed E-state index contributed by atoms with van der Waals surface area (Å²) >= 11 is 0. The summed E-state index contributed by atoms with van der Waals surface area (Å²) in [6.45, 7) is 0.997. The molecule has 1 atom stereocenters. The van der Waals surface area contributed by atoms with Crippen LogP contribution in [0, 0.1) is 5.82 Å². The lowest BCUT2D eigenvalue weighted by atomic mass is 10.2. The highest BCUT2D eigenvalue weighted by Gasteiger charge is 2.27. The molecule has 0 radical (unpaired) electrons. The molecule has 1 aliphatic rings. The van der Waals surface area contributed by atoms with E-state index in [-0.39, 0.29) is 23.9 Å². The van der Waals surface area contributed by atoms with E-state index in [1.54, 1.807) is 23.1 Å². The number of nitrogens with one attached hydrogen (secondary N) is 1. The number of carbonyl (C=O) groups excluding carboxylic acids is 2. The van der Waals surface area contributed by atoms with Gasteiger partial charge in [-0.1, -0.05) is 12.1 Å². The van der Waals surface area contributed by atoms with E-state index < -0.39 is 0 Å². The van der Waals surface area contributed by atoms with Crippen molar-refractivity contribution in [3.8, 4) is 0 Å². The lowest BCUT2D eigenvalue weighted by molar-refractivity contribution is -0.117. The molecule has 1 heterocycles. The van der Waals surface area contributed by atoms with E-state index in [0.717, 1.165) is 0 Å². The van der Waals surface area contributed by atoms with Crippen molar-refractivity contribution in [2.45, 2.75) is 12.5 Å². The van der Waals surface area contributed by atoms with Crippen LogP contribution >= 0.6 is 0 Å². The number of halogens is 1. The minimum absolute atomic E-state index is 0.0891. The number of carbonyl (C=O) groups is 2. The van der Waals surface area contributed by atoms with Gasteiger partial charge < -0.3 is 15.0 Å². The fourth-order valence-corrected chi connectivity index (χ4v) is 2.20. The molecule has 0 bridgehead atoms. The van der Waals surface area contributed by atoms with Gasteiger partial charge in [0.25, 0.3) is 0 Å². The van der Waals surface area contributed by atoms with Crippen LogP contribution in [0.25, 0.3) is 6.08 Å². The van der Waals surface area contributed by atoms with Crippen molar-refractivity contribution < 1.29 is 18.7 Å². The molecule has 5 nitrogen and oxygen atoms in total. The molecule has 112 valence electrons. The van der Waals surface area contributed by atoms with Gasteiger partial charge in [0.1, 0.15) is 5.82 Å². The normalized spacial score (nSPS) is 18.0. The first-order valence-corrected chi connectivity index (χ1v) is 6.65. The Morgan fingerprint density at radius 2 is 2.29 bits per heavy atom. The first-order valence-electron chi connectivity index (χ1n) is 6.65. The van der Waals surface area contributed by atoms with Gasteiger partial charge in [-0.2, -0.15) is 0 Å². The van der Waals surface area contributed by atoms with E-state index in [1.807, 2.05) is 0 Å². The Hall–Kier alpha value is -2.37. The molecular weight excluding hydrogens is 275 g/mol. The molecule has 2 amide bonds. The second kappa shape index (κ2) is 6.88. The molecule has 2 rings (SSSR count). The Balaban J connectivity index is 1.84. The Labute approximate surface area is 122 Å². The predicted molar refractivity (Wildman–Crippen MR) is 76.0 cm³/mol. The standard InChI is InChI=1S/C15H17FN2O3/c1-21-15(20)18-8-7-13(10-18)17-14(19)6-5-11-3-2-4-12(16)9-11/h2-6,9,13H,7-8,10H2,1H3,(H,17,19)/b6-5+. The largest absolute Gasteiger partial charge is 0.453 e. The van der Waals surface area contributed by atoms with E-state index in [0.29, 0.717) is 25.1 Å². The molecule has 6 heteroatoms. The molecule has 21 heavy (non-hydrogen) atoms.